The van der Waals surface area contributed by atoms with Crippen molar-refractivity contribution in [3.8, 4) is 5.75 Å². The monoisotopic (exact) mass is 262 g/mol. The highest BCUT2D eigenvalue weighted by atomic mass is 16.5. The lowest BCUT2D eigenvalue weighted by Crippen LogP contribution is -2.32. The van der Waals surface area contributed by atoms with Crippen molar-refractivity contribution in [2.75, 3.05) is 13.2 Å². The molecule has 0 aliphatic carbocycles. The van der Waals surface area contributed by atoms with Crippen LogP contribution in [0.5, 0.6) is 5.75 Å². The third kappa shape index (κ3) is 1.79. The summed E-state index contributed by atoms with van der Waals surface area (Å²) >= 11 is 0. The zero-order chi connectivity index (χ0) is 13.4. The van der Waals surface area contributed by atoms with Crippen LogP contribution in [0.1, 0.15) is 11.1 Å². The van der Waals surface area contributed by atoms with Crippen molar-refractivity contribution in [3.05, 3.63) is 71.3 Å². The van der Waals surface area contributed by atoms with Crippen LogP contribution in [0.4, 0.5) is 0 Å². The molecule has 0 unspecified atom stereocenters. The molecule has 2 aromatic carbocycles. The number of para-hydroxylation sites is 1. The van der Waals surface area contributed by atoms with Crippen LogP contribution in [0.25, 0.3) is 5.70 Å². The first-order valence-electron chi connectivity index (χ1n) is 6.73. The Labute approximate surface area is 117 Å². The first-order chi connectivity index (χ1) is 9.92. The average molecular weight is 262 g/mol. The second kappa shape index (κ2) is 4.53. The number of hydrogen-bond donors (Lipinski definition) is 1. The Morgan fingerprint density at radius 2 is 1.75 bits per heavy atom. The van der Waals surface area contributed by atoms with E-state index < -0.39 is 0 Å². The molecule has 3 heteroatoms. The lowest BCUT2D eigenvalue weighted by molar-refractivity contribution is 0.342. The highest BCUT2D eigenvalue weighted by Gasteiger charge is 2.23. The van der Waals surface area contributed by atoms with Gasteiger partial charge in [0.1, 0.15) is 18.2 Å². The summed E-state index contributed by atoms with van der Waals surface area (Å²) in [6.07, 6.45) is 0. The third-order valence-electron chi connectivity index (χ3n) is 3.63. The molecule has 2 aromatic rings. The summed E-state index contributed by atoms with van der Waals surface area (Å²) in [5.74, 6) is 1.87. The molecule has 20 heavy (non-hydrogen) atoms. The molecule has 0 atom stereocenters. The van der Waals surface area contributed by atoms with Crippen LogP contribution < -0.4 is 10.1 Å². The van der Waals surface area contributed by atoms with Crippen LogP contribution in [-0.4, -0.2) is 19.0 Å². The molecule has 0 saturated heterocycles. The van der Waals surface area contributed by atoms with Gasteiger partial charge in [0.2, 0.25) is 0 Å². The fraction of sp³-hybridized carbons (Fsp3) is 0.118. The summed E-state index contributed by atoms with van der Waals surface area (Å²) in [7, 11) is 0. The molecular weight excluding hydrogens is 248 g/mol. The van der Waals surface area contributed by atoms with Gasteiger partial charge in [0.15, 0.2) is 0 Å². The van der Waals surface area contributed by atoms with Crippen LogP contribution >= 0.6 is 0 Å². The molecule has 3 nitrogen and oxygen atoms in total. The maximum atomic E-state index is 5.77. The molecular formula is C17H14N2O. The van der Waals surface area contributed by atoms with Gasteiger partial charge in [-0.3, -0.25) is 4.99 Å². The van der Waals surface area contributed by atoms with E-state index in [1.807, 2.05) is 36.4 Å². The SMILES string of the molecule is c1ccc(C2=NCC3=C(N2)c2ccccc2OC3)cc1. The Balaban J connectivity index is 1.72. The molecule has 0 amide bonds. The standard InChI is InChI=1S/C17H14N2O/c1-2-6-12(7-3-1)17-18-10-13-11-20-15-9-5-4-8-14(15)16(13)19-17/h1-9H,10-11H2,(H,18,19). The van der Waals surface area contributed by atoms with E-state index in [2.05, 4.69) is 28.5 Å². The van der Waals surface area contributed by atoms with E-state index >= 15 is 0 Å². The van der Waals surface area contributed by atoms with E-state index in [-0.39, 0.29) is 0 Å². The predicted molar refractivity (Wildman–Crippen MR) is 79.8 cm³/mol. The molecule has 2 heterocycles. The first kappa shape index (κ1) is 11.3. The molecule has 98 valence electrons. The van der Waals surface area contributed by atoms with Crippen LogP contribution in [0.15, 0.2) is 65.2 Å². The number of amidine groups is 1. The number of rotatable bonds is 1. The number of fused-ring (bicyclic) bond motifs is 2. The van der Waals surface area contributed by atoms with Crippen molar-refractivity contribution in [1.82, 2.24) is 5.32 Å². The molecule has 0 aromatic heterocycles. The Hall–Kier alpha value is -2.55. The molecule has 4 rings (SSSR count). The van der Waals surface area contributed by atoms with E-state index in [0.29, 0.717) is 13.2 Å². The van der Waals surface area contributed by atoms with Gasteiger partial charge in [-0.05, 0) is 12.1 Å². The summed E-state index contributed by atoms with van der Waals surface area (Å²) in [5, 5.41) is 3.48. The topological polar surface area (TPSA) is 33.6 Å². The normalized spacial score (nSPS) is 16.5. The van der Waals surface area contributed by atoms with Crippen molar-refractivity contribution < 1.29 is 4.74 Å². The summed E-state index contributed by atoms with van der Waals surface area (Å²) in [6, 6.07) is 18.3. The maximum Gasteiger partial charge on any atom is 0.133 e. The van der Waals surface area contributed by atoms with E-state index in [1.165, 1.54) is 5.57 Å². The second-order valence-corrected chi connectivity index (χ2v) is 4.92. The van der Waals surface area contributed by atoms with Gasteiger partial charge in [0.25, 0.3) is 0 Å². The second-order valence-electron chi connectivity index (χ2n) is 4.92. The van der Waals surface area contributed by atoms with Crippen molar-refractivity contribution in [3.63, 3.8) is 0 Å². The van der Waals surface area contributed by atoms with E-state index in [0.717, 1.165) is 28.4 Å². The predicted octanol–water partition coefficient (Wildman–Crippen LogP) is 2.84. The number of nitrogens with zero attached hydrogens (tertiary/aromatic N) is 1. The van der Waals surface area contributed by atoms with Crippen molar-refractivity contribution in [2.45, 2.75) is 0 Å². The van der Waals surface area contributed by atoms with Crippen molar-refractivity contribution in [1.29, 1.82) is 0 Å². The first-order valence-corrected chi connectivity index (χ1v) is 6.73. The fourth-order valence-electron chi connectivity index (χ4n) is 2.60. The van der Waals surface area contributed by atoms with Gasteiger partial charge >= 0.3 is 0 Å². The summed E-state index contributed by atoms with van der Waals surface area (Å²) in [5.41, 5.74) is 4.60. The van der Waals surface area contributed by atoms with Gasteiger partial charge in [-0.25, -0.2) is 0 Å². The Bertz CT molecular complexity index is 717. The van der Waals surface area contributed by atoms with Crippen molar-refractivity contribution >= 4 is 11.5 Å². The van der Waals surface area contributed by atoms with Crippen molar-refractivity contribution in [2.24, 2.45) is 4.99 Å². The van der Waals surface area contributed by atoms with E-state index in [9.17, 15) is 0 Å². The largest absolute Gasteiger partial charge is 0.488 e. The zero-order valence-corrected chi connectivity index (χ0v) is 11.0. The van der Waals surface area contributed by atoms with Gasteiger partial charge < -0.3 is 10.1 Å². The molecule has 0 spiro atoms. The lowest BCUT2D eigenvalue weighted by atomic mass is 10.0. The smallest absolute Gasteiger partial charge is 0.133 e. The number of benzene rings is 2. The zero-order valence-electron chi connectivity index (χ0n) is 11.0. The highest BCUT2D eigenvalue weighted by molar-refractivity contribution is 6.05. The molecule has 0 radical (unpaired) electrons. The molecule has 2 aliphatic rings. The van der Waals surface area contributed by atoms with Gasteiger partial charge in [0.05, 0.1) is 12.2 Å². The van der Waals surface area contributed by atoms with E-state index in [4.69, 9.17) is 4.74 Å². The van der Waals surface area contributed by atoms with Gasteiger partial charge in [-0.2, -0.15) is 0 Å². The van der Waals surface area contributed by atoms with Crippen LogP contribution in [0.2, 0.25) is 0 Å². The number of ether oxygens (including phenoxy) is 1. The third-order valence-corrected chi connectivity index (χ3v) is 3.63. The Morgan fingerprint density at radius 3 is 2.65 bits per heavy atom. The highest BCUT2D eigenvalue weighted by Crippen LogP contribution is 2.32. The number of hydrogen-bond acceptors (Lipinski definition) is 3. The Morgan fingerprint density at radius 1 is 0.950 bits per heavy atom. The van der Waals surface area contributed by atoms with Gasteiger partial charge in [-0.15, -0.1) is 0 Å². The summed E-state index contributed by atoms with van der Waals surface area (Å²) in [6.45, 7) is 1.31. The number of aliphatic imine (C=N–C) groups is 1. The summed E-state index contributed by atoms with van der Waals surface area (Å²) in [4.78, 5) is 4.62. The lowest BCUT2D eigenvalue weighted by Gasteiger charge is -2.28. The molecule has 2 aliphatic heterocycles. The summed E-state index contributed by atoms with van der Waals surface area (Å²) < 4.78 is 5.77. The molecule has 1 N–H and O–H groups in total. The van der Waals surface area contributed by atoms with Crippen LogP contribution in [-0.2, 0) is 0 Å². The fourth-order valence-corrected chi connectivity index (χ4v) is 2.60. The molecule has 0 saturated carbocycles. The average Bonchev–Trinajstić information content (AvgIpc) is 2.55. The quantitative estimate of drug-likeness (QED) is 0.857. The van der Waals surface area contributed by atoms with Gasteiger partial charge in [-0.1, -0.05) is 42.5 Å². The van der Waals surface area contributed by atoms with E-state index in [1.54, 1.807) is 0 Å². The minimum absolute atomic E-state index is 0.616. The van der Waals surface area contributed by atoms with Gasteiger partial charge in [0, 0.05) is 16.7 Å². The molecule has 0 fully saturated rings. The molecule has 0 bridgehead atoms. The van der Waals surface area contributed by atoms with Crippen LogP contribution in [0.3, 0.4) is 0 Å². The minimum atomic E-state index is 0.616. The van der Waals surface area contributed by atoms with Crippen LogP contribution in [0, 0.1) is 0 Å². The Kier molecular flexibility index (Phi) is 2.56. The maximum absolute atomic E-state index is 5.77. The minimum Gasteiger partial charge on any atom is -0.488 e. The number of nitrogens with one attached hydrogen (secondary N) is 1.